The van der Waals surface area contributed by atoms with Gasteiger partial charge in [-0.05, 0) is 31.8 Å². The van der Waals surface area contributed by atoms with Gasteiger partial charge in [0.05, 0.1) is 18.7 Å². The Morgan fingerprint density at radius 3 is 2.45 bits per heavy atom. The minimum Gasteiger partial charge on any atom is -0.366 e. The van der Waals surface area contributed by atoms with Gasteiger partial charge in [0, 0.05) is 6.04 Å². The summed E-state index contributed by atoms with van der Waals surface area (Å²) in [5.41, 5.74) is 5.52. The average molecular weight is 326 g/mol. The maximum absolute atomic E-state index is 12.0. The third-order valence-corrected chi connectivity index (χ3v) is 3.64. The van der Waals surface area contributed by atoms with Gasteiger partial charge in [0.2, 0.25) is 11.8 Å². The third kappa shape index (κ3) is 5.82. The lowest BCUT2D eigenvalue weighted by atomic mass is 10.3. The second-order valence-corrected chi connectivity index (χ2v) is 6.02. The van der Waals surface area contributed by atoms with E-state index in [1.165, 1.54) is 11.3 Å². The molecule has 1 aromatic rings. The van der Waals surface area contributed by atoms with E-state index in [9.17, 15) is 14.4 Å². The summed E-state index contributed by atoms with van der Waals surface area (Å²) in [6, 6.07) is 1.63. The highest BCUT2D eigenvalue weighted by Crippen LogP contribution is 2.22. The zero-order chi connectivity index (χ0) is 16.7. The van der Waals surface area contributed by atoms with Gasteiger partial charge in [0.1, 0.15) is 5.00 Å². The SMILES string of the molecule is CCN(CC(=O)Nc1sccc1C(N)=O)CC(=O)NC(C)C. The fourth-order valence-corrected chi connectivity index (χ4v) is 2.63. The molecule has 0 bridgehead atoms. The lowest BCUT2D eigenvalue weighted by Gasteiger charge is -2.20. The summed E-state index contributed by atoms with van der Waals surface area (Å²) < 4.78 is 0. The average Bonchev–Trinajstić information content (AvgIpc) is 2.84. The van der Waals surface area contributed by atoms with Crippen molar-refractivity contribution in [2.24, 2.45) is 5.73 Å². The Bertz CT molecular complexity index is 542. The summed E-state index contributed by atoms with van der Waals surface area (Å²) in [6.07, 6.45) is 0. The monoisotopic (exact) mass is 326 g/mol. The Labute approximate surface area is 133 Å². The molecule has 0 aliphatic carbocycles. The van der Waals surface area contributed by atoms with E-state index >= 15 is 0 Å². The minimum atomic E-state index is -0.583. The number of nitrogens with two attached hydrogens (primary N) is 1. The Morgan fingerprint density at radius 1 is 1.27 bits per heavy atom. The second kappa shape index (κ2) is 8.50. The number of carbonyl (C=O) groups excluding carboxylic acids is 3. The summed E-state index contributed by atoms with van der Waals surface area (Å²) in [5.74, 6) is -0.997. The smallest absolute Gasteiger partial charge is 0.251 e. The Balaban J connectivity index is 2.56. The van der Waals surface area contributed by atoms with E-state index in [0.29, 0.717) is 17.1 Å². The van der Waals surface area contributed by atoms with Crippen molar-refractivity contribution in [3.05, 3.63) is 17.0 Å². The lowest BCUT2D eigenvalue weighted by molar-refractivity contribution is -0.123. The standard InChI is InChI=1S/C14H22N4O3S/c1-4-18(7-11(19)16-9(2)3)8-12(20)17-14-10(13(15)21)5-6-22-14/h5-6,9H,4,7-8H2,1-3H3,(H2,15,21)(H,16,19)(H,17,20). The van der Waals surface area contributed by atoms with Crippen molar-refractivity contribution in [3.8, 4) is 0 Å². The number of carbonyl (C=O) groups is 3. The van der Waals surface area contributed by atoms with Crippen LogP contribution in [0.25, 0.3) is 0 Å². The van der Waals surface area contributed by atoms with Gasteiger partial charge in [0.25, 0.3) is 5.91 Å². The number of nitrogens with one attached hydrogen (secondary N) is 2. The van der Waals surface area contributed by atoms with Crippen molar-refractivity contribution in [3.63, 3.8) is 0 Å². The zero-order valence-corrected chi connectivity index (χ0v) is 13.8. The fourth-order valence-electron chi connectivity index (χ4n) is 1.82. The van der Waals surface area contributed by atoms with Crippen LogP contribution in [0.15, 0.2) is 11.4 Å². The van der Waals surface area contributed by atoms with Crippen LogP contribution in [-0.4, -0.2) is 48.3 Å². The Kier molecular flexibility index (Phi) is 7.00. The van der Waals surface area contributed by atoms with E-state index in [1.807, 2.05) is 20.8 Å². The topological polar surface area (TPSA) is 105 Å². The lowest BCUT2D eigenvalue weighted by Crippen LogP contribution is -2.42. The van der Waals surface area contributed by atoms with Crippen LogP contribution in [0, 0.1) is 0 Å². The number of primary amides is 1. The maximum Gasteiger partial charge on any atom is 0.251 e. The van der Waals surface area contributed by atoms with Crippen LogP contribution < -0.4 is 16.4 Å². The first-order valence-electron chi connectivity index (χ1n) is 7.02. The van der Waals surface area contributed by atoms with Crippen molar-refractivity contribution in [2.45, 2.75) is 26.8 Å². The van der Waals surface area contributed by atoms with Gasteiger partial charge in [-0.15, -0.1) is 11.3 Å². The van der Waals surface area contributed by atoms with E-state index in [0.717, 1.165) is 0 Å². The second-order valence-electron chi connectivity index (χ2n) is 5.10. The van der Waals surface area contributed by atoms with Gasteiger partial charge < -0.3 is 16.4 Å². The molecule has 0 spiro atoms. The van der Waals surface area contributed by atoms with Crippen LogP contribution >= 0.6 is 11.3 Å². The molecule has 1 aromatic heterocycles. The van der Waals surface area contributed by atoms with Crippen molar-refractivity contribution < 1.29 is 14.4 Å². The summed E-state index contributed by atoms with van der Waals surface area (Å²) >= 11 is 1.23. The summed E-state index contributed by atoms with van der Waals surface area (Å²) in [7, 11) is 0. The normalized spacial score (nSPS) is 10.8. The number of likely N-dealkylation sites (N-methyl/N-ethyl adjacent to an activating group) is 1. The molecule has 0 unspecified atom stereocenters. The van der Waals surface area contributed by atoms with Crippen LogP contribution in [-0.2, 0) is 9.59 Å². The first-order chi connectivity index (χ1) is 10.3. The van der Waals surface area contributed by atoms with Gasteiger partial charge in [-0.25, -0.2) is 0 Å². The van der Waals surface area contributed by atoms with E-state index in [4.69, 9.17) is 5.73 Å². The number of thiophene rings is 1. The molecule has 8 heteroatoms. The quantitative estimate of drug-likeness (QED) is 0.652. The Hall–Kier alpha value is -1.93. The predicted molar refractivity (Wildman–Crippen MR) is 86.9 cm³/mol. The molecule has 1 heterocycles. The van der Waals surface area contributed by atoms with E-state index in [1.54, 1.807) is 16.3 Å². The van der Waals surface area contributed by atoms with Gasteiger partial charge in [-0.1, -0.05) is 6.92 Å². The fraction of sp³-hybridized carbons (Fsp3) is 0.500. The molecule has 122 valence electrons. The van der Waals surface area contributed by atoms with Gasteiger partial charge in [0.15, 0.2) is 0 Å². The minimum absolute atomic E-state index is 0.0595. The largest absolute Gasteiger partial charge is 0.366 e. The molecule has 0 aliphatic rings. The molecule has 0 atom stereocenters. The van der Waals surface area contributed by atoms with Crippen LogP contribution in [0.3, 0.4) is 0 Å². The summed E-state index contributed by atoms with van der Waals surface area (Å²) in [5, 5.41) is 7.55. The number of anilines is 1. The van der Waals surface area contributed by atoms with Gasteiger partial charge >= 0.3 is 0 Å². The first-order valence-corrected chi connectivity index (χ1v) is 7.90. The number of rotatable bonds is 8. The highest BCUT2D eigenvalue weighted by Gasteiger charge is 2.16. The van der Waals surface area contributed by atoms with Crippen molar-refractivity contribution in [1.29, 1.82) is 0 Å². The van der Waals surface area contributed by atoms with E-state index < -0.39 is 5.91 Å². The number of nitrogens with zero attached hydrogens (tertiary/aromatic N) is 1. The molecule has 4 N–H and O–H groups in total. The zero-order valence-electron chi connectivity index (χ0n) is 13.0. The molecule has 7 nitrogen and oxygen atoms in total. The van der Waals surface area contributed by atoms with E-state index in [-0.39, 0.29) is 30.9 Å². The van der Waals surface area contributed by atoms with Gasteiger partial charge in [-0.3, -0.25) is 19.3 Å². The van der Waals surface area contributed by atoms with Crippen LogP contribution in [0.1, 0.15) is 31.1 Å². The molecular formula is C14H22N4O3S. The molecule has 0 saturated carbocycles. The van der Waals surface area contributed by atoms with Crippen LogP contribution in [0.4, 0.5) is 5.00 Å². The number of hydrogen-bond acceptors (Lipinski definition) is 5. The highest BCUT2D eigenvalue weighted by molar-refractivity contribution is 7.14. The summed E-state index contributed by atoms with van der Waals surface area (Å²) in [6.45, 7) is 6.40. The molecule has 0 saturated heterocycles. The first kappa shape index (κ1) is 18.1. The highest BCUT2D eigenvalue weighted by atomic mass is 32.1. The molecule has 22 heavy (non-hydrogen) atoms. The third-order valence-electron chi connectivity index (χ3n) is 2.81. The summed E-state index contributed by atoms with van der Waals surface area (Å²) in [4.78, 5) is 36.7. The van der Waals surface area contributed by atoms with Gasteiger partial charge in [-0.2, -0.15) is 0 Å². The maximum atomic E-state index is 12.0. The molecule has 0 aliphatic heterocycles. The van der Waals surface area contributed by atoms with Crippen molar-refractivity contribution in [2.75, 3.05) is 25.0 Å². The number of amides is 3. The van der Waals surface area contributed by atoms with E-state index in [2.05, 4.69) is 10.6 Å². The molecule has 0 fully saturated rings. The Morgan fingerprint density at radius 2 is 1.91 bits per heavy atom. The molecule has 0 radical (unpaired) electrons. The van der Waals surface area contributed by atoms with Crippen molar-refractivity contribution >= 4 is 34.1 Å². The van der Waals surface area contributed by atoms with Crippen LogP contribution in [0.5, 0.6) is 0 Å². The van der Waals surface area contributed by atoms with Crippen LogP contribution in [0.2, 0.25) is 0 Å². The predicted octanol–water partition coefficient (Wildman–Crippen LogP) is 0.632. The number of hydrogen-bond donors (Lipinski definition) is 3. The molecule has 3 amide bonds. The molecular weight excluding hydrogens is 304 g/mol. The molecule has 1 rings (SSSR count). The van der Waals surface area contributed by atoms with Crippen molar-refractivity contribution in [1.82, 2.24) is 10.2 Å². The molecule has 0 aromatic carbocycles.